The molecule has 1 rings (SSSR count). The SMILES string of the molecule is C=CCS(=O)(=O)N(CC)C1CNC1. The molecule has 1 aliphatic rings. The van der Waals surface area contributed by atoms with E-state index in [-0.39, 0.29) is 11.8 Å². The lowest BCUT2D eigenvalue weighted by molar-refractivity contribution is 0.250. The van der Waals surface area contributed by atoms with Crippen LogP contribution in [0, 0.1) is 0 Å². The highest BCUT2D eigenvalue weighted by molar-refractivity contribution is 7.89. The Kier molecular flexibility index (Phi) is 3.47. The van der Waals surface area contributed by atoms with Gasteiger partial charge in [-0.05, 0) is 0 Å². The van der Waals surface area contributed by atoms with Crippen LogP contribution >= 0.6 is 0 Å². The van der Waals surface area contributed by atoms with Crippen molar-refractivity contribution in [2.75, 3.05) is 25.4 Å². The first-order chi connectivity index (χ1) is 6.11. The minimum absolute atomic E-state index is 0.0390. The molecule has 0 aromatic heterocycles. The minimum Gasteiger partial charge on any atom is -0.313 e. The van der Waals surface area contributed by atoms with E-state index in [1.807, 2.05) is 6.92 Å². The highest BCUT2D eigenvalue weighted by Gasteiger charge is 2.31. The van der Waals surface area contributed by atoms with Crippen LogP contribution in [0.1, 0.15) is 6.92 Å². The molecular formula is C8H16N2O2S. The summed E-state index contributed by atoms with van der Waals surface area (Å²) in [5, 5.41) is 3.06. The Bertz CT molecular complexity index is 270. The summed E-state index contributed by atoms with van der Waals surface area (Å²) in [4.78, 5) is 0. The van der Waals surface area contributed by atoms with Gasteiger partial charge in [-0.15, -0.1) is 6.58 Å². The molecule has 0 bridgehead atoms. The van der Waals surface area contributed by atoms with Gasteiger partial charge in [0.25, 0.3) is 0 Å². The Labute approximate surface area is 79.7 Å². The summed E-state index contributed by atoms with van der Waals surface area (Å²) in [6.45, 7) is 7.38. The molecule has 1 saturated heterocycles. The summed E-state index contributed by atoms with van der Waals surface area (Å²) in [7, 11) is -3.11. The molecule has 76 valence electrons. The minimum atomic E-state index is -3.11. The molecule has 0 atom stereocenters. The van der Waals surface area contributed by atoms with Crippen LogP contribution in [0.2, 0.25) is 0 Å². The molecule has 0 saturated carbocycles. The quantitative estimate of drug-likeness (QED) is 0.631. The van der Waals surface area contributed by atoms with E-state index in [0.29, 0.717) is 6.54 Å². The fraction of sp³-hybridized carbons (Fsp3) is 0.750. The molecule has 1 fully saturated rings. The van der Waals surface area contributed by atoms with Crippen LogP contribution in [0.15, 0.2) is 12.7 Å². The Hall–Kier alpha value is -0.390. The van der Waals surface area contributed by atoms with Gasteiger partial charge in [0.05, 0.1) is 5.75 Å². The number of likely N-dealkylation sites (N-methyl/N-ethyl adjacent to an activating group) is 1. The summed E-state index contributed by atoms with van der Waals surface area (Å²) < 4.78 is 24.8. The number of hydrogen-bond donors (Lipinski definition) is 1. The molecule has 1 heterocycles. The summed E-state index contributed by atoms with van der Waals surface area (Å²) in [5.74, 6) is 0.0390. The van der Waals surface area contributed by atoms with E-state index in [4.69, 9.17) is 0 Å². The Morgan fingerprint density at radius 3 is 2.54 bits per heavy atom. The standard InChI is InChI=1S/C8H16N2O2S/c1-3-5-13(11,12)10(4-2)8-6-9-7-8/h3,8-9H,1,4-7H2,2H3. The monoisotopic (exact) mass is 204 g/mol. The summed E-state index contributed by atoms with van der Waals surface area (Å²) >= 11 is 0. The second-order valence-electron chi connectivity index (χ2n) is 3.08. The normalized spacial score (nSPS) is 18.6. The van der Waals surface area contributed by atoms with Gasteiger partial charge in [-0.1, -0.05) is 13.0 Å². The van der Waals surface area contributed by atoms with E-state index in [2.05, 4.69) is 11.9 Å². The van der Waals surface area contributed by atoms with Crippen molar-refractivity contribution in [3.05, 3.63) is 12.7 Å². The molecule has 0 aromatic rings. The predicted molar refractivity (Wildman–Crippen MR) is 53.0 cm³/mol. The van der Waals surface area contributed by atoms with Crippen LogP contribution in [0.25, 0.3) is 0 Å². The van der Waals surface area contributed by atoms with Crippen molar-refractivity contribution in [3.63, 3.8) is 0 Å². The van der Waals surface area contributed by atoms with Crippen LogP contribution in [0.5, 0.6) is 0 Å². The highest BCUT2D eigenvalue weighted by atomic mass is 32.2. The molecule has 0 aromatic carbocycles. The zero-order chi connectivity index (χ0) is 9.90. The molecule has 1 aliphatic heterocycles. The molecule has 0 amide bonds. The Morgan fingerprint density at radius 2 is 2.23 bits per heavy atom. The van der Waals surface area contributed by atoms with Gasteiger partial charge in [0.1, 0.15) is 0 Å². The first-order valence-electron chi connectivity index (χ1n) is 4.43. The molecule has 4 nitrogen and oxygen atoms in total. The second-order valence-corrected chi connectivity index (χ2v) is 5.05. The van der Waals surface area contributed by atoms with Crippen molar-refractivity contribution in [1.29, 1.82) is 0 Å². The zero-order valence-corrected chi connectivity index (χ0v) is 8.68. The average molecular weight is 204 g/mol. The summed E-state index contributed by atoms with van der Waals surface area (Å²) in [6.07, 6.45) is 1.43. The highest BCUT2D eigenvalue weighted by Crippen LogP contribution is 2.11. The van der Waals surface area contributed by atoms with Gasteiger partial charge in [0.2, 0.25) is 10.0 Å². The third-order valence-electron chi connectivity index (χ3n) is 2.16. The van der Waals surface area contributed by atoms with Gasteiger partial charge in [-0.2, -0.15) is 4.31 Å². The first kappa shape index (κ1) is 10.7. The Balaban J connectivity index is 2.69. The van der Waals surface area contributed by atoms with Crippen molar-refractivity contribution < 1.29 is 8.42 Å². The number of hydrogen-bond acceptors (Lipinski definition) is 3. The molecule has 0 unspecified atom stereocenters. The number of nitrogens with one attached hydrogen (secondary N) is 1. The van der Waals surface area contributed by atoms with Crippen LogP contribution in [-0.2, 0) is 10.0 Å². The van der Waals surface area contributed by atoms with Gasteiger partial charge in [-0.25, -0.2) is 8.42 Å². The topological polar surface area (TPSA) is 49.4 Å². The number of nitrogens with zero attached hydrogens (tertiary/aromatic N) is 1. The van der Waals surface area contributed by atoms with Crippen molar-refractivity contribution in [2.24, 2.45) is 0 Å². The van der Waals surface area contributed by atoms with Crippen LogP contribution in [0.3, 0.4) is 0 Å². The van der Waals surface area contributed by atoms with Crippen molar-refractivity contribution >= 4 is 10.0 Å². The van der Waals surface area contributed by atoms with Crippen molar-refractivity contribution in [1.82, 2.24) is 9.62 Å². The smallest absolute Gasteiger partial charge is 0.217 e. The lowest BCUT2D eigenvalue weighted by Crippen LogP contribution is -2.58. The van der Waals surface area contributed by atoms with E-state index >= 15 is 0 Å². The van der Waals surface area contributed by atoms with Gasteiger partial charge < -0.3 is 5.32 Å². The maximum Gasteiger partial charge on any atom is 0.217 e. The maximum absolute atomic E-state index is 11.6. The van der Waals surface area contributed by atoms with E-state index in [1.165, 1.54) is 6.08 Å². The lowest BCUT2D eigenvalue weighted by Gasteiger charge is -2.36. The summed E-state index contributed by atoms with van der Waals surface area (Å²) in [5.41, 5.74) is 0. The van der Waals surface area contributed by atoms with Crippen LogP contribution < -0.4 is 5.32 Å². The maximum atomic E-state index is 11.6. The first-order valence-corrected chi connectivity index (χ1v) is 6.04. The van der Waals surface area contributed by atoms with Gasteiger partial charge >= 0.3 is 0 Å². The van der Waals surface area contributed by atoms with Gasteiger partial charge in [-0.3, -0.25) is 0 Å². The van der Waals surface area contributed by atoms with E-state index in [9.17, 15) is 8.42 Å². The molecular weight excluding hydrogens is 188 g/mol. The number of rotatable bonds is 5. The molecule has 5 heteroatoms. The lowest BCUT2D eigenvalue weighted by atomic mass is 10.2. The van der Waals surface area contributed by atoms with Gasteiger partial charge in [0.15, 0.2) is 0 Å². The fourth-order valence-electron chi connectivity index (χ4n) is 1.40. The third-order valence-corrected chi connectivity index (χ3v) is 4.09. The summed E-state index contributed by atoms with van der Waals surface area (Å²) in [6, 6.07) is 0.148. The molecule has 0 aliphatic carbocycles. The van der Waals surface area contributed by atoms with E-state index < -0.39 is 10.0 Å². The van der Waals surface area contributed by atoms with Crippen LogP contribution in [0.4, 0.5) is 0 Å². The third kappa shape index (κ3) is 2.30. The second kappa shape index (κ2) is 4.21. The zero-order valence-electron chi connectivity index (χ0n) is 7.86. The van der Waals surface area contributed by atoms with E-state index in [0.717, 1.165) is 13.1 Å². The van der Waals surface area contributed by atoms with Crippen molar-refractivity contribution in [2.45, 2.75) is 13.0 Å². The van der Waals surface area contributed by atoms with E-state index in [1.54, 1.807) is 4.31 Å². The number of sulfonamides is 1. The van der Waals surface area contributed by atoms with Crippen LogP contribution in [-0.4, -0.2) is 44.2 Å². The molecule has 13 heavy (non-hydrogen) atoms. The molecule has 0 spiro atoms. The molecule has 0 radical (unpaired) electrons. The predicted octanol–water partition coefficient (Wildman–Crippen LogP) is -0.204. The fourth-order valence-corrected chi connectivity index (χ4v) is 2.89. The Morgan fingerprint density at radius 1 is 1.62 bits per heavy atom. The molecule has 1 N–H and O–H groups in total. The van der Waals surface area contributed by atoms with Crippen molar-refractivity contribution in [3.8, 4) is 0 Å². The largest absolute Gasteiger partial charge is 0.313 e. The average Bonchev–Trinajstić information content (AvgIpc) is 1.95. The van der Waals surface area contributed by atoms with Gasteiger partial charge in [0, 0.05) is 25.7 Å².